The highest BCUT2D eigenvalue weighted by Gasteiger charge is 2.07. The van der Waals surface area contributed by atoms with Crippen molar-refractivity contribution in [1.29, 1.82) is 5.26 Å². The predicted octanol–water partition coefficient (Wildman–Crippen LogP) is 4.55. The SMILES string of the molecule is Cc1ccc(-n2cccc2/C=C(/C#N)c2ccc(C(=O)O)cc2)cc1. The number of nitrogens with zero attached hydrogens (tertiary/aromatic N) is 2. The molecule has 122 valence electrons. The molecule has 0 bridgehead atoms. The van der Waals surface area contributed by atoms with Gasteiger partial charge in [0.2, 0.25) is 0 Å². The van der Waals surface area contributed by atoms with Crippen LogP contribution in [0.25, 0.3) is 17.3 Å². The quantitative estimate of drug-likeness (QED) is 0.715. The number of carbonyl (C=O) groups is 1. The first-order chi connectivity index (χ1) is 12.1. The minimum absolute atomic E-state index is 0.198. The van der Waals surface area contributed by atoms with Crippen LogP contribution >= 0.6 is 0 Å². The van der Waals surface area contributed by atoms with E-state index in [2.05, 4.69) is 6.07 Å². The lowest BCUT2D eigenvalue weighted by molar-refractivity contribution is 0.0697. The Morgan fingerprint density at radius 1 is 1.04 bits per heavy atom. The zero-order valence-corrected chi connectivity index (χ0v) is 13.7. The lowest BCUT2D eigenvalue weighted by Gasteiger charge is -2.08. The van der Waals surface area contributed by atoms with Crippen molar-refractivity contribution >= 4 is 17.6 Å². The third-order valence-corrected chi connectivity index (χ3v) is 3.95. The topological polar surface area (TPSA) is 66.0 Å². The summed E-state index contributed by atoms with van der Waals surface area (Å²) < 4.78 is 2.00. The van der Waals surface area contributed by atoms with Crippen molar-refractivity contribution in [2.45, 2.75) is 6.92 Å². The number of rotatable bonds is 4. The van der Waals surface area contributed by atoms with E-state index in [0.717, 1.165) is 11.4 Å². The third kappa shape index (κ3) is 3.51. The van der Waals surface area contributed by atoms with Gasteiger partial charge < -0.3 is 9.67 Å². The number of benzene rings is 2. The highest BCUT2D eigenvalue weighted by Crippen LogP contribution is 2.21. The number of nitriles is 1. The largest absolute Gasteiger partial charge is 0.478 e. The Morgan fingerprint density at radius 2 is 1.68 bits per heavy atom. The standard InChI is InChI=1S/C21H16N2O2/c1-15-4-10-19(11-5-15)23-12-2-3-20(23)13-18(14-22)16-6-8-17(9-7-16)21(24)25/h2-13H,1H3,(H,24,25)/b18-13-. The summed E-state index contributed by atoms with van der Waals surface area (Å²) >= 11 is 0. The summed E-state index contributed by atoms with van der Waals surface area (Å²) in [6.07, 6.45) is 3.74. The molecular weight excluding hydrogens is 312 g/mol. The first kappa shape index (κ1) is 16.3. The van der Waals surface area contributed by atoms with E-state index < -0.39 is 5.97 Å². The number of allylic oxidation sites excluding steroid dienone is 1. The van der Waals surface area contributed by atoms with Gasteiger partial charge in [-0.1, -0.05) is 29.8 Å². The van der Waals surface area contributed by atoms with Crippen molar-refractivity contribution < 1.29 is 9.90 Å². The fraction of sp³-hybridized carbons (Fsp3) is 0.0476. The van der Waals surface area contributed by atoms with Gasteiger partial charge in [0.05, 0.1) is 17.2 Å². The molecule has 0 spiro atoms. The molecule has 0 unspecified atom stereocenters. The molecule has 3 aromatic rings. The Balaban J connectivity index is 1.99. The molecule has 0 aliphatic heterocycles. The first-order valence-corrected chi connectivity index (χ1v) is 7.78. The van der Waals surface area contributed by atoms with Gasteiger partial charge in [-0.3, -0.25) is 0 Å². The van der Waals surface area contributed by atoms with Crippen molar-refractivity contribution in [2.24, 2.45) is 0 Å². The van der Waals surface area contributed by atoms with E-state index in [-0.39, 0.29) is 5.56 Å². The number of aromatic carboxylic acids is 1. The monoisotopic (exact) mass is 328 g/mol. The van der Waals surface area contributed by atoms with Gasteiger partial charge in [0.1, 0.15) is 0 Å². The maximum Gasteiger partial charge on any atom is 0.335 e. The number of carboxylic acids is 1. The Kier molecular flexibility index (Phi) is 4.49. The molecular formula is C21H16N2O2. The molecule has 0 saturated carbocycles. The first-order valence-electron chi connectivity index (χ1n) is 7.78. The summed E-state index contributed by atoms with van der Waals surface area (Å²) in [5, 5.41) is 18.5. The van der Waals surface area contributed by atoms with Crippen LogP contribution in [0.1, 0.15) is 27.2 Å². The second-order valence-electron chi connectivity index (χ2n) is 5.69. The van der Waals surface area contributed by atoms with E-state index in [1.807, 2.05) is 54.1 Å². The second-order valence-corrected chi connectivity index (χ2v) is 5.69. The molecule has 25 heavy (non-hydrogen) atoms. The predicted molar refractivity (Wildman–Crippen MR) is 97.4 cm³/mol. The summed E-state index contributed by atoms with van der Waals surface area (Å²) in [5.41, 5.74) is 4.43. The van der Waals surface area contributed by atoms with Gasteiger partial charge in [-0.15, -0.1) is 0 Å². The summed E-state index contributed by atoms with van der Waals surface area (Å²) in [7, 11) is 0. The normalized spacial score (nSPS) is 11.1. The summed E-state index contributed by atoms with van der Waals surface area (Å²) in [6, 6.07) is 20.5. The van der Waals surface area contributed by atoms with Crippen LogP contribution in [0.2, 0.25) is 0 Å². The minimum Gasteiger partial charge on any atom is -0.478 e. The van der Waals surface area contributed by atoms with Gasteiger partial charge in [0.25, 0.3) is 0 Å². The fourth-order valence-electron chi connectivity index (χ4n) is 2.57. The second kappa shape index (κ2) is 6.90. The van der Waals surface area contributed by atoms with Gasteiger partial charge in [-0.2, -0.15) is 5.26 Å². The third-order valence-electron chi connectivity index (χ3n) is 3.95. The van der Waals surface area contributed by atoms with Crippen LogP contribution in [0.5, 0.6) is 0 Å². The molecule has 0 radical (unpaired) electrons. The van der Waals surface area contributed by atoms with Crippen LogP contribution in [-0.2, 0) is 0 Å². The number of hydrogen-bond acceptors (Lipinski definition) is 2. The number of carboxylic acid groups (broad SMARTS) is 1. The van der Waals surface area contributed by atoms with E-state index in [1.54, 1.807) is 18.2 Å². The summed E-state index contributed by atoms with van der Waals surface area (Å²) in [6.45, 7) is 2.04. The molecule has 0 saturated heterocycles. The molecule has 0 aliphatic rings. The lowest BCUT2D eigenvalue weighted by atomic mass is 10.0. The molecule has 2 aromatic carbocycles. The van der Waals surface area contributed by atoms with E-state index in [9.17, 15) is 10.1 Å². The molecule has 1 aromatic heterocycles. The molecule has 0 atom stereocenters. The lowest BCUT2D eigenvalue weighted by Crippen LogP contribution is -1.96. The van der Waals surface area contributed by atoms with Crippen LogP contribution in [0.15, 0.2) is 66.9 Å². The zero-order chi connectivity index (χ0) is 17.8. The van der Waals surface area contributed by atoms with Crippen molar-refractivity contribution in [3.63, 3.8) is 0 Å². The van der Waals surface area contributed by atoms with E-state index in [4.69, 9.17) is 5.11 Å². The Bertz CT molecular complexity index is 972. The summed E-state index contributed by atoms with van der Waals surface area (Å²) in [5.74, 6) is -0.984. The molecule has 1 heterocycles. The van der Waals surface area contributed by atoms with Gasteiger partial charge in [-0.05, 0) is 55.0 Å². The maximum absolute atomic E-state index is 11.0. The zero-order valence-electron chi connectivity index (χ0n) is 13.7. The van der Waals surface area contributed by atoms with Gasteiger partial charge in [-0.25, -0.2) is 4.79 Å². The van der Waals surface area contributed by atoms with Crippen molar-refractivity contribution in [1.82, 2.24) is 4.57 Å². The highest BCUT2D eigenvalue weighted by molar-refractivity contribution is 5.92. The minimum atomic E-state index is -0.984. The van der Waals surface area contributed by atoms with Crippen LogP contribution in [-0.4, -0.2) is 15.6 Å². The van der Waals surface area contributed by atoms with E-state index in [0.29, 0.717) is 11.1 Å². The maximum atomic E-state index is 11.0. The number of aromatic nitrogens is 1. The van der Waals surface area contributed by atoms with Gasteiger partial charge >= 0.3 is 5.97 Å². The average Bonchev–Trinajstić information content (AvgIpc) is 3.08. The molecule has 4 heteroatoms. The van der Waals surface area contributed by atoms with Crippen LogP contribution in [0, 0.1) is 18.3 Å². The van der Waals surface area contributed by atoms with Crippen molar-refractivity contribution in [3.05, 3.63) is 89.2 Å². The summed E-state index contributed by atoms with van der Waals surface area (Å²) in [4.78, 5) is 11.0. The Hall–Kier alpha value is -3.58. The van der Waals surface area contributed by atoms with Crippen LogP contribution in [0.3, 0.4) is 0 Å². The molecule has 0 fully saturated rings. The molecule has 0 amide bonds. The van der Waals surface area contributed by atoms with Crippen LogP contribution < -0.4 is 0 Å². The molecule has 1 N–H and O–H groups in total. The van der Waals surface area contributed by atoms with E-state index >= 15 is 0 Å². The average molecular weight is 328 g/mol. The van der Waals surface area contributed by atoms with Crippen LogP contribution in [0.4, 0.5) is 0 Å². The molecule has 4 nitrogen and oxygen atoms in total. The Morgan fingerprint density at radius 3 is 2.28 bits per heavy atom. The van der Waals surface area contributed by atoms with E-state index in [1.165, 1.54) is 17.7 Å². The number of aryl methyl sites for hydroxylation is 1. The van der Waals surface area contributed by atoms with Crippen molar-refractivity contribution in [2.75, 3.05) is 0 Å². The highest BCUT2D eigenvalue weighted by atomic mass is 16.4. The molecule has 3 rings (SSSR count). The fourth-order valence-corrected chi connectivity index (χ4v) is 2.57. The van der Waals surface area contributed by atoms with Gasteiger partial charge in [0, 0.05) is 17.6 Å². The van der Waals surface area contributed by atoms with Crippen molar-refractivity contribution in [3.8, 4) is 11.8 Å². The molecule has 0 aliphatic carbocycles. The Labute approximate surface area is 145 Å². The smallest absolute Gasteiger partial charge is 0.335 e. The van der Waals surface area contributed by atoms with Gasteiger partial charge in [0.15, 0.2) is 0 Å². The number of hydrogen-bond donors (Lipinski definition) is 1.